The zero-order valence-electron chi connectivity index (χ0n) is 14.3. The molecule has 0 spiro atoms. The highest BCUT2D eigenvalue weighted by Gasteiger charge is 2.37. The molecule has 0 radical (unpaired) electrons. The van der Waals surface area contributed by atoms with Crippen molar-refractivity contribution in [1.29, 1.82) is 0 Å². The largest absolute Gasteiger partial charge is 0.481 e. The number of hydrogen-bond donors (Lipinski definition) is 1. The van der Waals surface area contributed by atoms with Crippen molar-refractivity contribution in [2.24, 2.45) is 11.8 Å². The number of halogens is 3. The summed E-state index contributed by atoms with van der Waals surface area (Å²) in [6.45, 7) is 0.548. The molecule has 2 fully saturated rings. The lowest BCUT2D eigenvalue weighted by molar-refractivity contribution is -0.147. The van der Waals surface area contributed by atoms with Crippen molar-refractivity contribution >= 4 is 11.9 Å². The van der Waals surface area contributed by atoms with Crippen LogP contribution >= 0.6 is 0 Å². The van der Waals surface area contributed by atoms with E-state index in [2.05, 4.69) is 0 Å². The van der Waals surface area contributed by atoms with E-state index in [9.17, 15) is 27.9 Å². The van der Waals surface area contributed by atoms with Gasteiger partial charge in [0.15, 0.2) is 0 Å². The Bertz CT molecular complexity index is 666. The highest BCUT2D eigenvalue weighted by atomic mass is 19.4. The second-order valence-electron chi connectivity index (χ2n) is 7.31. The number of aliphatic carboxylic acids is 1. The third-order valence-electron chi connectivity index (χ3n) is 5.53. The zero-order chi connectivity index (χ0) is 18.9. The fourth-order valence-electron chi connectivity index (χ4n) is 4.07. The minimum Gasteiger partial charge on any atom is -0.481 e. The molecule has 4 nitrogen and oxygen atoms in total. The number of hydrogen-bond acceptors (Lipinski definition) is 2. The van der Waals surface area contributed by atoms with E-state index in [0.717, 1.165) is 37.8 Å². The summed E-state index contributed by atoms with van der Waals surface area (Å²) < 4.78 is 38.2. The van der Waals surface area contributed by atoms with Crippen molar-refractivity contribution in [2.45, 2.75) is 44.2 Å². The van der Waals surface area contributed by atoms with Gasteiger partial charge in [0.1, 0.15) is 0 Å². The third-order valence-corrected chi connectivity index (χ3v) is 5.53. The molecule has 3 rings (SSSR count). The number of likely N-dealkylation sites (tertiary alicyclic amines) is 1. The Morgan fingerprint density at radius 2 is 1.62 bits per heavy atom. The summed E-state index contributed by atoms with van der Waals surface area (Å²) in [6.07, 6.45) is -0.395. The van der Waals surface area contributed by atoms with Gasteiger partial charge in [-0.05, 0) is 37.0 Å². The molecule has 2 aliphatic rings. The molecular weight excluding hydrogens is 347 g/mol. The van der Waals surface area contributed by atoms with Gasteiger partial charge in [0.25, 0.3) is 0 Å². The van der Waals surface area contributed by atoms with E-state index in [1.165, 1.54) is 12.1 Å². The second kappa shape index (κ2) is 7.29. The fraction of sp³-hybridized carbons (Fsp3) is 0.579. The van der Waals surface area contributed by atoms with E-state index in [-0.39, 0.29) is 24.3 Å². The highest BCUT2D eigenvalue weighted by Crippen LogP contribution is 2.35. The van der Waals surface area contributed by atoms with Gasteiger partial charge in [0.2, 0.25) is 5.91 Å². The van der Waals surface area contributed by atoms with E-state index in [1.54, 1.807) is 4.90 Å². The van der Waals surface area contributed by atoms with Crippen LogP contribution in [0.3, 0.4) is 0 Å². The van der Waals surface area contributed by atoms with Crippen LogP contribution in [-0.4, -0.2) is 35.0 Å². The molecule has 1 aliphatic carbocycles. The Hall–Kier alpha value is -2.05. The summed E-state index contributed by atoms with van der Waals surface area (Å²) >= 11 is 0. The molecule has 1 N–H and O–H groups in total. The first kappa shape index (κ1) is 18.7. The van der Waals surface area contributed by atoms with E-state index in [0.29, 0.717) is 18.5 Å². The molecular formula is C19H22F3NO3. The Morgan fingerprint density at radius 3 is 2.15 bits per heavy atom. The molecule has 1 aliphatic heterocycles. The van der Waals surface area contributed by atoms with E-state index in [1.807, 2.05) is 0 Å². The SMILES string of the molecule is O=C(O)C1CC(c2ccc(C(F)(F)F)cc2)CN(C(=O)C2CCCC2)C1. The summed E-state index contributed by atoms with van der Waals surface area (Å²) in [5.74, 6) is -1.98. The lowest BCUT2D eigenvalue weighted by atomic mass is 9.83. The fourth-order valence-corrected chi connectivity index (χ4v) is 4.07. The topological polar surface area (TPSA) is 57.6 Å². The van der Waals surface area contributed by atoms with Crippen LogP contribution in [0.2, 0.25) is 0 Å². The first-order chi connectivity index (χ1) is 12.3. The van der Waals surface area contributed by atoms with Gasteiger partial charge in [0.05, 0.1) is 11.5 Å². The van der Waals surface area contributed by atoms with Gasteiger partial charge in [-0.25, -0.2) is 0 Å². The van der Waals surface area contributed by atoms with Crippen LogP contribution in [-0.2, 0) is 15.8 Å². The number of piperidine rings is 1. The monoisotopic (exact) mass is 369 g/mol. The van der Waals surface area contributed by atoms with Crippen LogP contribution in [0.1, 0.15) is 49.1 Å². The summed E-state index contributed by atoms with van der Waals surface area (Å²) in [5.41, 5.74) is -0.0843. The molecule has 7 heteroatoms. The molecule has 1 aromatic carbocycles. The number of nitrogens with zero attached hydrogens (tertiary/aromatic N) is 1. The molecule has 2 unspecified atom stereocenters. The number of carboxylic acids is 1. The Balaban J connectivity index is 1.79. The Labute approximate surface area is 150 Å². The minimum atomic E-state index is -4.40. The summed E-state index contributed by atoms with van der Waals surface area (Å²) in [7, 11) is 0. The van der Waals surface area contributed by atoms with Crippen molar-refractivity contribution < 1.29 is 27.9 Å². The molecule has 0 aromatic heterocycles. The number of amides is 1. The predicted molar refractivity (Wildman–Crippen MR) is 88.5 cm³/mol. The zero-order valence-corrected chi connectivity index (χ0v) is 14.3. The summed E-state index contributed by atoms with van der Waals surface area (Å²) in [5, 5.41) is 9.43. The molecule has 1 aromatic rings. The van der Waals surface area contributed by atoms with Gasteiger partial charge in [-0.15, -0.1) is 0 Å². The number of carbonyl (C=O) groups excluding carboxylic acids is 1. The van der Waals surface area contributed by atoms with Crippen molar-refractivity contribution in [3.8, 4) is 0 Å². The quantitative estimate of drug-likeness (QED) is 0.879. The summed E-state index contributed by atoms with van der Waals surface area (Å²) in [4.78, 5) is 25.8. The molecule has 1 saturated heterocycles. The number of alkyl halides is 3. The van der Waals surface area contributed by atoms with Crippen molar-refractivity contribution in [3.63, 3.8) is 0 Å². The number of carboxylic acid groups (broad SMARTS) is 1. The average molecular weight is 369 g/mol. The van der Waals surface area contributed by atoms with Crippen molar-refractivity contribution in [3.05, 3.63) is 35.4 Å². The third kappa shape index (κ3) is 4.02. The van der Waals surface area contributed by atoms with Crippen LogP contribution in [0.15, 0.2) is 24.3 Å². The van der Waals surface area contributed by atoms with Gasteiger partial charge in [0, 0.05) is 24.9 Å². The molecule has 26 heavy (non-hydrogen) atoms. The molecule has 1 amide bonds. The standard InChI is InChI=1S/C19H22F3NO3/c20-19(21,22)16-7-5-12(6-8-16)14-9-15(18(25)26)11-23(10-14)17(24)13-3-1-2-4-13/h5-8,13-15H,1-4,9-11H2,(H,25,26). The van der Waals surface area contributed by atoms with E-state index >= 15 is 0 Å². The molecule has 2 atom stereocenters. The maximum Gasteiger partial charge on any atom is 0.416 e. The molecule has 142 valence electrons. The van der Waals surface area contributed by atoms with Crippen molar-refractivity contribution in [1.82, 2.24) is 4.90 Å². The maximum atomic E-state index is 12.7. The average Bonchev–Trinajstić information content (AvgIpc) is 3.14. The van der Waals surface area contributed by atoms with Gasteiger partial charge < -0.3 is 10.0 Å². The van der Waals surface area contributed by atoms with Crippen molar-refractivity contribution in [2.75, 3.05) is 13.1 Å². The highest BCUT2D eigenvalue weighted by molar-refractivity contribution is 5.80. The van der Waals surface area contributed by atoms with Crippen LogP contribution in [0.5, 0.6) is 0 Å². The maximum absolute atomic E-state index is 12.7. The second-order valence-corrected chi connectivity index (χ2v) is 7.31. The van der Waals surface area contributed by atoms with Crippen LogP contribution < -0.4 is 0 Å². The summed E-state index contributed by atoms with van der Waals surface area (Å²) in [6, 6.07) is 4.83. The smallest absolute Gasteiger partial charge is 0.416 e. The predicted octanol–water partition coefficient (Wildman–Crippen LogP) is 3.91. The van der Waals surface area contributed by atoms with Crippen LogP contribution in [0.4, 0.5) is 13.2 Å². The molecule has 0 bridgehead atoms. The molecule has 1 heterocycles. The lowest BCUT2D eigenvalue weighted by Gasteiger charge is -2.37. The van der Waals surface area contributed by atoms with E-state index < -0.39 is 23.6 Å². The Kier molecular flexibility index (Phi) is 5.25. The van der Waals surface area contributed by atoms with E-state index in [4.69, 9.17) is 0 Å². The number of carbonyl (C=O) groups is 2. The van der Waals surface area contributed by atoms with Crippen LogP contribution in [0.25, 0.3) is 0 Å². The Morgan fingerprint density at radius 1 is 1.00 bits per heavy atom. The van der Waals surface area contributed by atoms with Crippen LogP contribution in [0, 0.1) is 11.8 Å². The first-order valence-corrected chi connectivity index (χ1v) is 8.94. The number of rotatable bonds is 3. The first-order valence-electron chi connectivity index (χ1n) is 8.94. The molecule has 1 saturated carbocycles. The van der Waals surface area contributed by atoms with Gasteiger partial charge in [-0.3, -0.25) is 9.59 Å². The normalized spacial score (nSPS) is 24.7. The minimum absolute atomic E-state index is 0.00892. The van der Waals surface area contributed by atoms with Gasteiger partial charge >= 0.3 is 12.1 Å². The number of benzene rings is 1. The van der Waals surface area contributed by atoms with Gasteiger partial charge in [-0.1, -0.05) is 25.0 Å². The lowest BCUT2D eigenvalue weighted by Crippen LogP contribution is -2.47. The van der Waals surface area contributed by atoms with Gasteiger partial charge in [-0.2, -0.15) is 13.2 Å².